The molecule has 0 radical (unpaired) electrons. The molecule has 0 bridgehead atoms. The number of nitrogens with zero attached hydrogens (tertiary/aromatic N) is 2. The molecule has 0 aromatic heterocycles. The van der Waals surface area contributed by atoms with Crippen LogP contribution in [0.4, 0.5) is 0 Å². The van der Waals surface area contributed by atoms with E-state index in [0.29, 0.717) is 18.5 Å². The lowest BCUT2D eigenvalue weighted by Crippen LogP contribution is -2.57. The van der Waals surface area contributed by atoms with Gasteiger partial charge in [-0.2, -0.15) is 0 Å². The van der Waals surface area contributed by atoms with Gasteiger partial charge in [-0.3, -0.25) is 4.99 Å². The van der Waals surface area contributed by atoms with Crippen LogP contribution < -0.4 is 5.32 Å². The third-order valence-electron chi connectivity index (χ3n) is 4.39. The summed E-state index contributed by atoms with van der Waals surface area (Å²) in [7, 11) is -3.00. The molecule has 20 heavy (non-hydrogen) atoms. The highest BCUT2D eigenvalue weighted by molar-refractivity contribution is 7.92. The average Bonchev–Trinajstić information content (AvgIpc) is 3.07. The zero-order chi connectivity index (χ0) is 15.0. The SMILES string of the molecule is CCNC(=NCC1(C)CC1)N1CCS(=O)(=O)C(C)(C)C1. The number of guanidine groups is 1. The molecule has 1 saturated heterocycles. The molecular formula is C14H27N3O2S. The van der Waals surface area contributed by atoms with E-state index in [9.17, 15) is 8.42 Å². The summed E-state index contributed by atoms with van der Waals surface area (Å²) in [5, 5.41) is 3.30. The third kappa shape index (κ3) is 3.27. The smallest absolute Gasteiger partial charge is 0.194 e. The van der Waals surface area contributed by atoms with E-state index in [1.54, 1.807) is 13.8 Å². The van der Waals surface area contributed by atoms with Gasteiger partial charge in [-0.15, -0.1) is 0 Å². The molecule has 1 heterocycles. The summed E-state index contributed by atoms with van der Waals surface area (Å²) in [4.78, 5) is 6.81. The molecule has 0 unspecified atom stereocenters. The summed E-state index contributed by atoms with van der Waals surface area (Å²) in [6.45, 7) is 10.6. The largest absolute Gasteiger partial charge is 0.357 e. The van der Waals surface area contributed by atoms with Crippen LogP contribution in [-0.4, -0.2) is 56.0 Å². The molecule has 116 valence electrons. The second-order valence-corrected chi connectivity index (χ2v) is 9.72. The minimum atomic E-state index is -3.00. The van der Waals surface area contributed by atoms with E-state index >= 15 is 0 Å². The Morgan fingerprint density at radius 1 is 1.30 bits per heavy atom. The van der Waals surface area contributed by atoms with Crippen molar-refractivity contribution in [3.63, 3.8) is 0 Å². The first-order valence-corrected chi connectivity index (χ1v) is 9.10. The number of nitrogens with one attached hydrogen (secondary N) is 1. The van der Waals surface area contributed by atoms with Crippen LogP contribution in [0, 0.1) is 5.41 Å². The van der Waals surface area contributed by atoms with Crippen molar-refractivity contribution in [1.82, 2.24) is 10.2 Å². The first kappa shape index (κ1) is 15.6. The van der Waals surface area contributed by atoms with Gasteiger partial charge in [0.15, 0.2) is 15.8 Å². The molecule has 2 aliphatic rings. The lowest BCUT2D eigenvalue weighted by atomic mass is 10.1. The Balaban J connectivity index is 2.10. The summed E-state index contributed by atoms with van der Waals surface area (Å²) in [6, 6.07) is 0. The summed E-state index contributed by atoms with van der Waals surface area (Å²) in [5.41, 5.74) is 0.373. The zero-order valence-electron chi connectivity index (χ0n) is 13.1. The topological polar surface area (TPSA) is 61.8 Å². The van der Waals surface area contributed by atoms with Crippen molar-refractivity contribution in [3.8, 4) is 0 Å². The number of aliphatic imine (C=N–C) groups is 1. The van der Waals surface area contributed by atoms with E-state index in [-0.39, 0.29) is 5.75 Å². The summed E-state index contributed by atoms with van der Waals surface area (Å²) >= 11 is 0. The fraction of sp³-hybridized carbons (Fsp3) is 0.929. The monoisotopic (exact) mass is 301 g/mol. The van der Waals surface area contributed by atoms with Crippen LogP contribution in [0.15, 0.2) is 4.99 Å². The molecular weight excluding hydrogens is 274 g/mol. The predicted molar refractivity (Wildman–Crippen MR) is 82.8 cm³/mol. The first-order valence-electron chi connectivity index (χ1n) is 7.45. The highest BCUT2D eigenvalue weighted by Crippen LogP contribution is 2.45. The Morgan fingerprint density at radius 3 is 2.45 bits per heavy atom. The first-order chi connectivity index (χ1) is 9.19. The second-order valence-electron chi connectivity index (χ2n) is 6.98. The molecule has 0 atom stereocenters. The van der Waals surface area contributed by atoms with Gasteiger partial charge in [0.2, 0.25) is 0 Å². The van der Waals surface area contributed by atoms with Crippen molar-refractivity contribution in [3.05, 3.63) is 0 Å². The Hall–Kier alpha value is -0.780. The van der Waals surface area contributed by atoms with E-state index in [4.69, 9.17) is 4.99 Å². The maximum absolute atomic E-state index is 12.1. The molecule has 2 fully saturated rings. The van der Waals surface area contributed by atoms with Gasteiger partial charge in [-0.1, -0.05) is 6.92 Å². The molecule has 0 aromatic carbocycles. The van der Waals surface area contributed by atoms with E-state index in [1.165, 1.54) is 12.8 Å². The molecule has 1 aliphatic carbocycles. The van der Waals surface area contributed by atoms with Gasteiger partial charge in [0.25, 0.3) is 0 Å². The van der Waals surface area contributed by atoms with Gasteiger partial charge in [0.05, 0.1) is 10.5 Å². The maximum atomic E-state index is 12.1. The van der Waals surface area contributed by atoms with E-state index in [2.05, 4.69) is 17.1 Å². The summed E-state index contributed by atoms with van der Waals surface area (Å²) < 4.78 is 23.4. The summed E-state index contributed by atoms with van der Waals surface area (Å²) in [5.74, 6) is 1.07. The quantitative estimate of drug-likeness (QED) is 0.630. The van der Waals surface area contributed by atoms with Crippen LogP contribution >= 0.6 is 0 Å². The van der Waals surface area contributed by atoms with Crippen LogP contribution in [0.25, 0.3) is 0 Å². The van der Waals surface area contributed by atoms with Crippen LogP contribution in [0.5, 0.6) is 0 Å². The normalized spacial score (nSPS) is 27.2. The Morgan fingerprint density at radius 2 is 1.95 bits per heavy atom. The number of rotatable bonds is 3. The fourth-order valence-electron chi connectivity index (χ4n) is 2.39. The van der Waals surface area contributed by atoms with Crippen molar-refractivity contribution in [2.24, 2.45) is 10.4 Å². The van der Waals surface area contributed by atoms with E-state index in [1.807, 2.05) is 6.92 Å². The van der Waals surface area contributed by atoms with Crippen molar-refractivity contribution in [2.75, 3.05) is 31.9 Å². The van der Waals surface area contributed by atoms with Crippen molar-refractivity contribution < 1.29 is 8.42 Å². The highest BCUT2D eigenvalue weighted by atomic mass is 32.2. The van der Waals surface area contributed by atoms with Gasteiger partial charge in [-0.25, -0.2) is 8.42 Å². The second kappa shape index (κ2) is 5.20. The Labute approximate surface area is 122 Å². The van der Waals surface area contributed by atoms with Gasteiger partial charge >= 0.3 is 0 Å². The highest BCUT2D eigenvalue weighted by Gasteiger charge is 2.41. The van der Waals surface area contributed by atoms with Gasteiger partial charge in [0.1, 0.15) is 0 Å². The predicted octanol–water partition coefficient (Wildman–Crippen LogP) is 1.26. The molecule has 1 saturated carbocycles. The molecule has 2 rings (SSSR count). The van der Waals surface area contributed by atoms with Gasteiger partial charge < -0.3 is 10.2 Å². The van der Waals surface area contributed by atoms with E-state index in [0.717, 1.165) is 19.0 Å². The Kier molecular flexibility index (Phi) is 4.06. The van der Waals surface area contributed by atoms with Crippen molar-refractivity contribution in [1.29, 1.82) is 0 Å². The number of hydrogen-bond acceptors (Lipinski definition) is 3. The molecule has 5 nitrogen and oxygen atoms in total. The lowest BCUT2D eigenvalue weighted by molar-refractivity contribution is 0.352. The minimum Gasteiger partial charge on any atom is -0.357 e. The number of hydrogen-bond donors (Lipinski definition) is 1. The van der Waals surface area contributed by atoms with Gasteiger partial charge in [0, 0.05) is 26.2 Å². The van der Waals surface area contributed by atoms with Crippen molar-refractivity contribution >= 4 is 15.8 Å². The molecule has 0 amide bonds. The van der Waals surface area contributed by atoms with Crippen molar-refractivity contribution in [2.45, 2.75) is 45.3 Å². The molecule has 0 spiro atoms. The molecule has 0 aromatic rings. The summed E-state index contributed by atoms with van der Waals surface area (Å²) in [6.07, 6.45) is 2.49. The van der Waals surface area contributed by atoms with Crippen LogP contribution in [-0.2, 0) is 9.84 Å². The van der Waals surface area contributed by atoms with Gasteiger partial charge in [-0.05, 0) is 39.0 Å². The maximum Gasteiger partial charge on any atom is 0.194 e. The zero-order valence-corrected chi connectivity index (χ0v) is 13.9. The van der Waals surface area contributed by atoms with Crippen LogP contribution in [0.1, 0.15) is 40.5 Å². The molecule has 1 N–H and O–H groups in total. The standard InChI is InChI=1S/C14H27N3O2S/c1-5-15-12(16-10-14(4)6-7-14)17-8-9-20(18,19)13(2,3)11-17/h5-11H2,1-4H3,(H,15,16). The average molecular weight is 301 g/mol. The lowest BCUT2D eigenvalue weighted by Gasteiger charge is -2.39. The van der Waals surface area contributed by atoms with Crippen LogP contribution in [0.3, 0.4) is 0 Å². The number of sulfone groups is 1. The minimum absolute atomic E-state index is 0.210. The van der Waals surface area contributed by atoms with E-state index < -0.39 is 14.6 Å². The molecule has 1 aliphatic heterocycles. The Bertz CT molecular complexity index is 493. The third-order valence-corrected chi connectivity index (χ3v) is 6.92. The molecule has 6 heteroatoms. The van der Waals surface area contributed by atoms with Crippen LogP contribution in [0.2, 0.25) is 0 Å². The fourth-order valence-corrected chi connectivity index (χ4v) is 3.75.